The van der Waals surface area contributed by atoms with E-state index in [9.17, 15) is 9.59 Å². The zero-order valence-corrected chi connectivity index (χ0v) is 24.3. The Morgan fingerprint density at radius 3 is 2.73 bits per heavy atom. The van der Waals surface area contributed by atoms with E-state index in [1.54, 1.807) is 49.6 Å². The molecule has 0 saturated carbocycles. The number of ether oxygens (including phenoxy) is 5. The summed E-state index contributed by atoms with van der Waals surface area (Å²) in [4.78, 5) is 30.4. The highest BCUT2D eigenvalue weighted by atomic mass is 16.7. The van der Waals surface area contributed by atoms with Crippen molar-refractivity contribution in [3.8, 4) is 34.4 Å². The number of nitrogens with one attached hydrogen (secondary N) is 1. The molecule has 6 rings (SSSR count). The van der Waals surface area contributed by atoms with Gasteiger partial charge >= 0.3 is 0 Å². The first kappa shape index (κ1) is 29.0. The zero-order chi connectivity index (χ0) is 30.5. The second kappa shape index (κ2) is 13.0. The van der Waals surface area contributed by atoms with Crippen molar-refractivity contribution in [1.29, 1.82) is 0 Å². The minimum absolute atomic E-state index is 0.0609. The third-order valence-electron chi connectivity index (χ3n) is 7.38. The van der Waals surface area contributed by atoms with Crippen LogP contribution in [0.15, 0.2) is 59.2 Å². The van der Waals surface area contributed by atoms with Gasteiger partial charge in [0.05, 0.1) is 26.6 Å². The summed E-state index contributed by atoms with van der Waals surface area (Å²) in [5.41, 5.74) is 1.35. The molecule has 2 aromatic carbocycles. The van der Waals surface area contributed by atoms with E-state index >= 15 is 0 Å². The van der Waals surface area contributed by atoms with E-state index in [2.05, 4.69) is 20.7 Å². The van der Waals surface area contributed by atoms with Crippen LogP contribution in [0.2, 0.25) is 0 Å². The van der Waals surface area contributed by atoms with Crippen LogP contribution in [0.5, 0.6) is 23.0 Å². The Kier molecular flexibility index (Phi) is 8.59. The molecule has 2 aromatic heterocycles. The highest BCUT2D eigenvalue weighted by Gasteiger charge is 2.35. The predicted octanol–water partition coefficient (Wildman–Crippen LogP) is 2.74. The molecule has 1 saturated heterocycles. The summed E-state index contributed by atoms with van der Waals surface area (Å²) in [7, 11) is 3.08. The number of nitrogens with zero attached hydrogens (tertiary/aromatic N) is 5. The molecular formula is C30H32N6O8. The molecule has 1 fully saturated rings. The standard InChI is InChI=1S/C30H32N6O8/c1-39-22-10-8-20(14-25(22)40-2)29-32-34-36(33-29)17-27(37)35(16-19-7-9-23-26(13-19)44-18-43-23)28(24-6-4-12-42-24)30(38)31-15-21-5-3-11-41-21/h4,6-10,12-14,21,28H,3,5,11,15-18H2,1-2H3,(H,31,38)/t21-,28+/m0/s1. The van der Waals surface area contributed by atoms with Crippen molar-refractivity contribution in [2.24, 2.45) is 0 Å². The van der Waals surface area contributed by atoms with Crippen LogP contribution in [0.3, 0.4) is 0 Å². The first-order chi connectivity index (χ1) is 21.5. The molecule has 0 bridgehead atoms. The van der Waals surface area contributed by atoms with Gasteiger partial charge in [-0.2, -0.15) is 4.80 Å². The fourth-order valence-corrected chi connectivity index (χ4v) is 5.16. The Morgan fingerprint density at radius 2 is 1.95 bits per heavy atom. The molecule has 2 atom stereocenters. The number of aromatic nitrogens is 4. The van der Waals surface area contributed by atoms with Crippen LogP contribution in [-0.4, -0.2) is 77.2 Å². The van der Waals surface area contributed by atoms with Gasteiger partial charge in [0.2, 0.25) is 18.5 Å². The number of hydrogen-bond acceptors (Lipinski definition) is 11. The molecule has 0 spiro atoms. The van der Waals surface area contributed by atoms with Crippen molar-refractivity contribution in [1.82, 2.24) is 30.4 Å². The maximum atomic E-state index is 14.0. The number of furan rings is 1. The van der Waals surface area contributed by atoms with E-state index in [1.807, 2.05) is 6.07 Å². The first-order valence-electron chi connectivity index (χ1n) is 14.1. The normalized spacial score (nSPS) is 16.0. The molecule has 14 nitrogen and oxygen atoms in total. The zero-order valence-electron chi connectivity index (χ0n) is 24.3. The molecule has 4 aromatic rings. The molecule has 4 heterocycles. The molecule has 1 N–H and O–H groups in total. The molecule has 230 valence electrons. The number of fused-ring (bicyclic) bond motifs is 1. The summed E-state index contributed by atoms with van der Waals surface area (Å²) in [6.45, 7) is 0.865. The predicted molar refractivity (Wildman–Crippen MR) is 153 cm³/mol. The summed E-state index contributed by atoms with van der Waals surface area (Å²) in [6, 6.07) is 12.9. The Morgan fingerprint density at radius 1 is 1.09 bits per heavy atom. The lowest BCUT2D eigenvalue weighted by Crippen LogP contribution is -2.46. The van der Waals surface area contributed by atoms with Crippen molar-refractivity contribution < 1.29 is 37.7 Å². The topological polar surface area (TPSA) is 152 Å². The van der Waals surface area contributed by atoms with E-state index in [1.165, 1.54) is 23.1 Å². The molecule has 0 radical (unpaired) electrons. The van der Waals surface area contributed by atoms with Crippen LogP contribution >= 0.6 is 0 Å². The third-order valence-corrected chi connectivity index (χ3v) is 7.38. The summed E-state index contributed by atoms with van der Waals surface area (Å²) in [5.74, 6) is 1.99. The molecule has 14 heteroatoms. The highest BCUT2D eigenvalue weighted by molar-refractivity contribution is 5.88. The van der Waals surface area contributed by atoms with E-state index in [-0.39, 0.29) is 31.8 Å². The largest absolute Gasteiger partial charge is 0.493 e. The van der Waals surface area contributed by atoms with Gasteiger partial charge < -0.3 is 38.3 Å². The lowest BCUT2D eigenvalue weighted by Gasteiger charge is -2.30. The summed E-state index contributed by atoms with van der Waals surface area (Å²) >= 11 is 0. The number of methoxy groups -OCH3 is 2. The minimum atomic E-state index is -1.09. The van der Waals surface area contributed by atoms with Crippen molar-refractivity contribution in [2.75, 3.05) is 34.2 Å². The quantitative estimate of drug-likeness (QED) is 0.254. The molecular weight excluding hydrogens is 572 g/mol. The molecule has 0 unspecified atom stereocenters. The first-order valence-corrected chi connectivity index (χ1v) is 14.1. The summed E-state index contributed by atoms with van der Waals surface area (Å²) in [5, 5.41) is 15.6. The SMILES string of the molecule is COc1ccc(-c2nnn(CC(=O)N(Cc3ccc4c(c3)OCO4)[C@@H](C(=O)NC[C@@H]3CCCO3)c3ccco3)n2)cc1OC. The lowest BCUT2D eigenvalue weighted by atomic mass is 10.1. The van der Waals surface area contributed by atoms with Gasteiger partial charge in [0.25, 0.3) is 5.91 Å². The van der Waals surface area contributed by atoms with Crippen molar-refractivity contribution in [3.05, 3.63) is 66.1 Å². The maximum Gasteiger partial charge on any atom is 0.250 e. The van der Waals surface area contributed by atoms with Crippen LogP contribution in [0.25, 0.3) is 11.4 Å². The van der Waals surface area contributed by atoms with Gasteiger partial charge in [-0.1, -0.05) is 6.07 Å². The van der Waals surface area contributed by atoms with E-state index in [0.29, 0.717) is 47.5 Å². The minimum Gasteiger partial charge on any atom is -0.493 e. The van der Waals surface area contributed by atoms with Gasteiger partial charge in [-0.15, -0.1) is 10.2 Å². The highest BCUT2D eigenvalue weighted by Crippen LogP contribution is 2.34. The van der Waals surface area contributed by atoms with Gasteiger partial charge in [-0.05, 0) is 66.1 Å². The number of carbonyl (C=O) groups is 2. The number of benzene rings is 2. The van der Waals surface area contributed by atoms with Crippen molar-refractivity contribution in [3.63, 3.8) is 0 Å². The van der Waals surface area contributed by atoms with Gasteiger partial charge in [-0.3, -0.25) is 9.59 Å². The maximum absolute atomic E-state index is 14.0. The van der Waals surface area contributed by atoms with Crippen LogP contribution < -0.4 is 24.3 Å². The van der Waals surface area contributed by atoms with Crippen LogP contribution in [-0.2, 0) is 27.4 Å². The average molecular weight is 605 g/mol. The third kappa shape index (κ3) is 6.29. The average Bonchev–Trinajstić information content (AvgIpc) is 3.87. The molecule has 2 amide bonds. The van der Waals surface area contributed by atoms with E-state index in [4.69, 9.17) is 28.1 Å². The fourth-order valence-electron chi connectivity index (χ4n) is 5.16. The number of rotatable bonds is 12. The Hall–Kier alpha value is -5.11. The smallest absolute Gasteiger partial charge is 0.250 e. The lowest BCUT2D eigenvalue weighted by molar-refractivity contribution is -0.143. The van der Waals surface area contributed by atoms with Gasteiger partial charge in [0.1, 0.15) is 12.3 Å². The molecule has 0 aliphatic carbocycles. The molecule has 44 heavy (non-hydrogen) atoms. The Balaban J connectivity index is 1.28. The van der Waals surface area contributed by atoms with Gasteiger partial charge in [-0.25, -0.2) is 0 Å². The van der Waals surface area contributed by atoms with E-state index < -0.39 is 17.9 Å². The van der Waals surface area contributed by atoms with Gasteiger partial charge in [0, 0.05) is 25.3 Å². The van der Waals surface area contributed by atoms with Crippen LogP contribution in [0.4, 0.5) is 0 Å². The van der Waals surface area contributed by atoms with Crippen LogP contribution in [0, 0.1) is 0 Å². The second-order valence-corrected chi connectivity index (χ2v) is 10.2. The fraction of sp³-hybridized carbons (Fsp3) is 0.367. The Labute approximate surface area is 252 Å². The van der Waals surface area contributed by atoms with Crippen molar-refractivity contribution >= 4 is 11.8 Å². The Bertz CT molecular complexity index is 1600. The summed E-state index contributed by atoms with van der Waals surface area (Å²) in [6.07, 6.45) is 3.18. The van der Waals surface area contributed by atoms with Gasteiger partial charge in [0.15, 0.2) is 29.0 Å². The number of tetrazole rings is 1. The molecule has 2 aliphatic heterocycles. The molecule has 2 aliphatic rings. The number of hydrogen-bond donors (Lipinski definition) is 1. The number of amides is 2. The van der Waals surface area contributed by atoms with Crippen LogP contribution in [0.1, 0.15) is 30.2 Å². The number of carbonyl (C=O) groups excluding carboxylic acids is 2. The second-order valence-electron chi connectivity index (χ2n) is 10.2. The monoisotopic (exact) mass is 604 g/mol. The summed E-state index contributed by atoms with van der Waals surface area (Å²) < 4.78 is 33.0. The van der Waals surface area contributed by atoms with Crippen molar-refractivity contribution in [2.45, 2.75) is 38.1 Å². The van der Waals surface area contributed by atoms with E-state index in [0.717, 1.165) is 18.4 Å².